The number of ether oxygens (including phenoxy) is 1. The summed E-state index contributed by atoms with van der Waals surface area (Å²) < 4.78 is 6.54. The maximum absolute atomic E-state index is 13.1. The van der Waals surface area contributed by atoms with E-state index in [1.807, 2.05) is 47.4 Å². The van der Waals surface area contributed by atoms with Crippen molar-refractivity contribution in [1.29, 1.82) is 0 Å². The van der Waals surface area contributed by atoms with Crippen LogP contribution in [0.5, 0.6) is 5.75 Å². The third-order valence-corrected chi connectivity index (χ3v) is 6.60. The predicted octanol–water partition coefficient (Wildman–Crippen LogP) is 2.88. The van der Waals surface area contributed by atoms with Gasteiger partial charge in [-0.2, -0.15) is 0 Å². The number of anilines is 1. The molecule has 1 aromatic heterocycles. The lowest BCUT2D eigenvalue weighted by Crippen LogP contribution is -3.06. The highest BCUT2D eigenvalue weighted by Crippen LogP contribution is 2.36. The molecule has 0 fully saturated rings. The van der Waals surface area contributed by atoms with E-state index in [1.54, 1.807) is 30.2 Å². The van der Waals surface area contributed by atoms with Crippen molar-refractivity contribution in [3.8, 4) is 5.75 Å². The molecule has 2 aromatic carbocycles. The molecular weight excluding hydrogens is 390 g/mol. The van der Waals surface area contributed by atoms with Crippen molar-refractivity contribution in [3.05, 3.63) is 48.0 Å². The topological polar surface area (TPSA) is 46.9 Å². The Hall–Kier alpha value is -2.09. The first kappa shape index (κ1) is 20.6. The van der Waals surface area contributed by atoms with E-state index in [4.69, 9.17) is 9.72 Å². The molecule has 1 N–H and O–H groups in total. The Balaban J connectivity index is 1.87. The van der Waals surface area contributed by atoms with Gasteiger partial charge in [0.2, 0.25) is 5.91 Å². The number of nitrogens with one attached hydrogen (secondary N) is 1. The van der Waals surface area contributed by atoms with E-state index in [0.29, 0.717) is 12.3 Å². The maximum atomic E-state index is 13.1. The van der Waals surface area contributed by atoms with Crippen molar-refractivity contribution in [1.82, 2.24) is 4.98 Å². The number of likely N-dealkylation sites (N-methyl/N-ethyl adjacent to an activating group) is 1. The number of hydrogen-bond donors (Lipinski definition) is 1. The second kappa shape index (κ2) is 9.41. The summed E-state index contributed by atoms with van der Waals surface area (Å²) >= 11 is 3.12. The van der Waals surface area contributed by atoms with Gasteiger partial charge in [-0.3, -0.25) is 9.69 Å². The Morgan fingerprint density at radius 3 is 2.64 bits per heavy atom. The molecule has 3 rings (SSSR count). The molecule has 0 aliphatic carbocycles. The number of methoxy groups -OCH3 is 1. The largest absolute Gasteiger partial charge is 0.494 e. The molecule has 1 heterocycles. The van der Waals surface area contributed by atoms with Crippen LogP contribution < -0.4 is 14.5 Å². The average molecular weight is 417 g/mol. The lowest BCUT2D eigenvalue weighted by Gasteiger charge is -2.20. The summed E-state index contributed by atoms with van der Waals surface area (Å²) in [7, 11) is 5.83. The number of carbonyl (C=O) groups excluding carboxylic acids is 1. The fourth-order valence-corrected chi connectivity index (χ4v) is 4.67. The summed E-state index contributed by atoms with van der Waals surface area (Å²) in [4.78, 5) is 22.1. The van der Waals surface area contributed by atoms with Gasteiger partial charge >= 0.3 is 0 Å². The number of carbonyl (C=O) groups is 1. The molecule has 0 saturated carbocycles. The minimum atomic E-state index is 0.0748. The number of nitrogens with zero attached hydrogens (tertiary/aromatic N) is 2. The van der Waals surface area contributed by atoms with E-state index < -0.39 is 0 Å². The van der Waals surface area contributed by atoms with Crippen LogP contribution >= 0.6 is 23.1 Å². The van der Waals surface area contributed by atoms with Crippen LogP contribution in [0.15, 0.2) is 47.4 Å². The smallest absolute Gasteiger partial charge is 0.239 e. The minimum Gasteiger partial charge on any atom is -0.494 e. The van der Waals surface area contributed by atoms with Crippen LogP contribution in [0.25, 0.3) is 10.2 Å². The van der Waals surface area contributed by atoms with Gasteiger partial charge < -0.3 is 9.64 Å². The van der Waals surface area contributed by atoms with E-state index >= 15 is 0 Å². The molecule has 0 spiro atoms. The Kier molecular flexibility index (Phi) is 6.93. The second-order valence-corrected chi connectivity index (χ2v) is 8.89. The molecule has 0 aliphatic heterocycles. The molecule has 1 amide bonds. The third-order valence-electron chi connectivity index (χ3n) is 4.38. The van der Waals surface area contributed by atoms with Crippen LogP contribution in [-0.2, 0) is 4.79 Å². The summed E-state index contributed by atoms with van der Waals surface area (Å²) in [6.07, 6.45) is 0. The molecule has 0 unspecified atom stereocenters. The zero-order chi connectivity index (χ0) is 20.1. The van der Waals surface area contributed by atoms with E-state index in [-0.39, 0.29) is 5.91 Å². The van der Waals surface area contributed by atoms with Gasteiger partial charge in [0.15, 0.2) is 5.13 Å². The van der Waals surface area contributed by atoms with Gasteiger partial charge in [0, 0.05) is 4.90 Å². The average Bonchev–Trinajstić information content (AvgIpc) is 3.13. The fraction of sp³-hybridized carbons (Fsp3) is 0.333. The molecule has 3 aromatic rings. The number of fused-ring (bicyclic) bond motifs is 1. The van der Waals surface area contributed by atoms with Crippen molar-refractivity contribution in [3.63, 3.8) is 0 Å². The van der Waals surface area contributed by atoms with Gasteiger partial charge in [0.05, 0.1) is 44.7 Å². The number of amides is 1. The van der Waals surface area contributed by atoms with E-state index in [0.717, 1.165) is 38.1 Å². The predicted molar refractivity (Wildman–Crippen MR) is 118 cm³/mol. The van der Waals surface area contributed by atoms with Crippen LogP contribution in [0.2, 0.25) is 0 Å². The normalized spacial score (nSPS) is 11.2. The maximum Gasteiger partial charge on any atom is 0.239 e. The lowest BCUT2D eigenvalue weighted by atomic mass is 10.2. The second-order valence-electron chi connectivity index (χ2n) is 6.86. The summed E-state index contributed by atoms with van der Waals surface area (Å²) in [6.45, 7) is 3.55. The van der Waals surface area contributed by atoms with Crippen molar-refractivity contribution in [2.75, 3.05) is 44.9 Å². The Bertz CT molecular complexity index is 941. The summed E-state index contributed by atoms with van der Waals surface area (Å²) in [5, 5.41) is 0.738. The van der Waals surface area contributed by atoms with Gasteiger partial charge in [0.1, 0.15) is 11.3 Å². The molecule has 0 bridgehead atoms. The van der Waals surface area contributed by atoms with Crippen LogP contribution in [0.4, 0.5) is 5.13 Å². The van der Waals surface area contributed by atoms with Crippen molar-refractivity contribution in [2.24, 2.45) is 0 Å². The first-order chi connectivity index (χ1) is 13.5. The van der Waals surface area contributed by atoms with Crippen LogP contribution in [0.1, 0.15) is 5.56 Å². The van der Waals surface area contributed by atoms with Crippen molar-refractivity contribution in [2.45, 2.75) is 11.8 Å². The number of rotatable bonds is 8. The summed E-state index contributed by atoms with van der Waals surface area (Å²) in [5.74, 6) is 1.21. The molecular formula is C21H26N3O2S2+. The summed E-state index contributed by atoms with van der Waals surface area (Å²) in [6, 6.07) is 14.0. The van der Waals surface area contributed by atoms with Gasteiger partial charge in [-0.25, -0.2) is 4.98 Å². The molecule has 0 atom stereocenters. The zero-order valence-corrected chi connectivity index (χ0v) is 18.3. The third kappa shape index (κ3) is 4.84. The molecule has 148 valence electrons. The zero-order valence-electron chi connectivity index (χ0n) is 16.7. The number of aryl methyl sites for hydroxylation is 1. The molecule has 0 aliphatic rings. The summed E-state index contributed by atoms with van der Waals surface area (Å²) in [5.41, 5.74) is 1.97. The highest BCUT2D eigenvalue weighted by Gasteiger charge is 2.22. The molecule has 5 nitrogen and oxygen atoms in total. The van der Waals surface area contributed by atoms with Gasteiger partial charge in [-0.15, -0.1) is 11.8 Å². The van der Waals surface area contributed by atoms with Crippen LogP contribution in [0, 0.1) is 6.92 Å². The van der Waals surface area contributed by atoms with E-state index in [9.17, 15) is 4.79 Å². The fourth-order valence-electron chi connectivity index (χ4n) is 2.78. The number of hydrogen-bond acceptors (Lipinski definition) is 5. The number of quaternary nitrogens is 1. The number of thioether (sulfide) groups is 1. The SMILES string of the molecule is COc1ccc(C)c2sc(N(CC[NH+](C)C)C(=O)CSc3ccccc3)nc12. The highest BCUT2D eigenvalue weighted by molar-refractivity contribution is 8.00. The lowest BCUT2D eigenvalue weighted by molar-refractivity contribution is -0.856. The van der Waals surface area contributed by atoms with Gasteiger partial charge in [-0.05, 0) is 30.7 Å². The van der Waals surface area contributed by atoms with Gasteiger partial charge in [0.25, 0.3) is 0 Å². The first-order valence-electron chi connectivity index (χ1n) is 9.21. The Labute approximate surface area is 174 Å². The standard InChI is InChI=1S/C21H25N3O2S2/c1-15-10-11-17(26-4)19-20(15)28-21(22-19)24(13-12-23(2)3)18(25)14-27-16-8-6-5-7-9-16/h5-11H,12-14H2,1-4H3/p+1. The Morgan fingerprint density at radius 2 is 1.96 bits per heavy atom. The van der Waals surface area contributed by atoms with E-state index in [2.05, 4.69) is 21.0 Å². The first-order valence-corrected chi connectivity index (χ1v) is 11.0. The van der Waals surface area contributed by atoms with Crippen molar-refractivity contribution < 1.29 is 14.4 Å². The number of thiazole rings is 1. The van der Waals surface area contributed by atoms with Crippen LogP contribution in [-0.4, -0.2) is 50.9 Å². The minimum absolute atomic E-state index is 0.0748. The Morgan fingerprint density at radius 1 is 1.21 bits per heavy atom. The van der Waals surface area contributed by atoms with Crippen molar-refractivity contribution >= 4 is 44.4 Å². The quantitative estimate of drug-likeness (QED) is 0.574. The van der Waals surface area contributed by atoms with E-state index in [1.165, 1.54) is 4.90 Å². The van der Waals surface area contributed by atoms with Crippen LogP contribution in [0.3, 0.4) is 0 Å². The molecule has 7 heteroatoms. The molecule has 0 saturated heterocycles. The molecule has 28 heavy (non-hydrogen) atoms. The molecule has 0 radical (unpaired) electrons. The monoisotopic (exact) mass is 416 g/mol. The highest BCUT2D eigenvalue weighted by atomic mass is 32.2. The number of aromatic nitrogens is 1. The van der Waals surface area contributed by atoms with Gasteiger partial charge in [-0.1, -0.05) is 35.6 Å². The number of benzene rings is 2.